The van der Waals surface area contributed by atoms with Crippen LogP contribution in [0.25, 0.3) is 0 Å². The monoisotopic (exact) mass is 344 g/mol. The van der Waals surface area contributed by atoms with E-state index in [9.17, 15) is 14.7 Å². The van der Waals surface area contributed by atoms with Gasteiger partial charge in [0.1, 0.15) is 5.75 Å². The summed E-state index contributed by atoms with van der Waals surface area (Å²) in [5.41, 5.74) is 0.690. The van der Waals surface area contributed by atoms with Crippen molar-refractivity contribution in [2.24, 2.45) is 0 Å². The van der Waals surface area contributed by atoms with Crippen molar-refractivity contribution in [3.8, 4) is 5.75 Å². The third-order valence-electron chi connectivity index (χ3n) is 4.71. The number of carboxylic acids is 1. The summed E-state index contributed by atoms with van der Waals surface area (Å²) < 4.78 is 6.37. The number of carboxylic acid groups (broad SMARTS) is 1. The molecule has 4 heteroatoms. The van der Waals surface area contributed by atoms with Crippen LogP contribution in [0, 0.1) is 0 Å². The van der Waals surface area contributed by atoms with Crippen LogP contribution in [0.15, 0.2) is 78.9 Å². The van der Waals surface area contributed by atoms with Gasteiger partial charge in [0.25, 0.3) is 0 Å². The third kappa shape index (κ3) is 2.47. The van der Waals surface area contributed by atoms with E-state index in [0.29, 0.717) is 16.9 Å². The van der Waals surface area contributed by atoms with Crippen LogP contribution in [0.3, 0.4) is 0 Å². The lowest BCUT2D eigenvalue weighted by Crippen LogP contribution is -2.41. The van der Waals surface area contributed by atoms with Crippen LogP contribution in [0.5, 0.6) is 5.75 Å². The van der Waals surface area contributed by atoms with E-state index in [2.05, 4.69) is 0 Å². The lowest BCUT2D eigenvalue weighted by molar-refractivity contribution is 0.0574. The van der Waals surface area contributed by atoms with Crippen LogP contribution in [-0.4, -0.2) is 16.9 Å². The maximum Gasteiger partial charge on any atom is 0.336 e. The Morgan fingerprint density at radius 1 is 0.885 bits per heavy atom. The van der Waals surface area contributed by atoms with Gasteiger partial charge in [-0.1, -0.05) is 60.7 Å². The molecular formula is C22H16O4. The van der Waals surface area contributed by atoms with E-state index in [1.165, 1.54) is 6.07 Å². The highest BCUT2D eigenvalue weighted by Gasteiger charge is 2.45. The number of hydrogen-bond donors (Lipinski definition) is 1. The Morgan fingerprint density at radius 2 is 1.54 bits per heavy atom. The van der Waals surface area contributed by atoms with Gasteiger partial charge in [-0.05, 0) is 18.2 Å². The topological polar surface area (TPSA) is 63.6 Å². The first-order chi connectivity index (χ1) is 12.6. The lowest BCUT2D eigenvalue weighted by atomic mass is 9.77. The van der Waals surface area contributed by atoms with Crippen molar-refractivity contribution >= 4 is 11.8 Å². The number of carbonyl (C=O) groups is 2. The van der Waals surface area contributed by atoms with Crippen molar-refractivity contribution < 1.29 is 19.4 Å². The van der Waals surface area contributed by atoms with Crippen molar-refractivity contribution in [3.63, 3.8) is 0 Å². The molecule has 0 saturated carbocycles. The van der Waals surface area contributed by atoms with Gasteiger partial charge in [0.15, 0.2) is 11.4 Å². The second-order valence-corrected chi connectivity index (χ2v) is 6.24. The summed E-state index contributed by atoms with van der Waals surface area (Å²) >= 11 is 0. The minimum Gasteiger partial charge on any atom is -0.478 e. The number of para-hydroxylation sites is 1. The zero-order chi connectivity index (χ0) is 18.1. The molecule has 1 unspecified atom stereocenters. The maximum atomic E-state index is 12.9. The standard InChI is InChI=1S/C22H16O4/c23-19-14-22(15-8-2-1-3-9-15,26-20-13-7-5-11-17(19)20)18-12-6-4-10-16(18)21(24)25/h1-13H,14H2,(H,24,25). The van der Waals surface area contributed by atoms with E-state index in [1.54, 1.807) is 42.5 Å². The van der Waals surface area contributed by atoms with Crippen LogP contribution in [-0.2, 0) is 5.60 Å². The average molecular weight is 344 g/mol. The molecule has 4 nitrogen and oxygen atoms in total. The van der Waals surface area contributed by atoms with E-state index in [-0.39, 0.29) is 17.8 Å². The van der Waals surface area contributed by atoms with Crippen molar-refractivity contribution in [1.82, 2.24) is 0 Å². The molecule has 0 radical (unpaired) electrons. The van der Waals surface area contributed by atoms with Crippen LogP contribution >= 0.6 is 0 Å². The van der Waals surface area contributed by atoms with E-state index in [1.807, 2.05) is 30.3 Å². The maximum absolute atomic E-state index is 12.9. The highest BCUT2D eigenvalue weighted by molar-refractivity contribution is 6.01. The molecule has 1 atom stereocenters. The zero-order valence-electron chi connectivity index (χ0n) is 13.9. The zero-order valence-corrected chi connectivity index (χ0v) is 13.9. The second kappa shape index (κ2) is 6.15. The predicted molar refractivity (Wildman–Crippen MR) is 96.6 cm³/mol. The summed E-state index contributed by atoms with van der Waals surface area (Å²) in [7, 11) is 0. The van der Waals surface area contributed by atoms with Gasteiger partial charge in [-0.25, -0.2) is 4.79 Å². The van der Waals surface area contributed by atoms with Crippen LogP contribution < -0.4 is 4.74 Å². The molecular weight excluding hydrogens is 328 g/mol. The van der Waals surface area contributed by atoms with Crippen molar-refractivity contribution in [2.75, 3.05) is 0 Å². The fourth-order valence-corrected chi connectivity index (χ4v) is 3.53. The van der Waals surface area contributed by atoms with Gasteiger partial charge in [-0.15, -0.1) is 0 Å². The Kier molecular flexibility index (Phi) is 3.81. The van der Waals surface area contributed by atoms with E-state index >= 15 is 0 Å². The minimum absolute atomic E-state index is 0.0400. The number of ether oxygens (including phenoxy) is 1. The number of ketones is 1. The Labute approximate surface area is 150 Å². The van der Waals surface area contributed by atoms with Gasteiger partial charge >= 0.3 is 5.97 Å². The number of benzene rings is 3. The minimum atomic E-state index is -1.18. The fourth-order valence-electron chi connectivity index (χ4n) is 3.53. The first kappa shape index (κ1) is 16.1. The Balaban J connectivity index is 2.00. The highest BCUT2D eigenvalue weighted by atomic mass is 16.5. The molecule has 0 saturated heterocycles. The van der Waals surface area contributed by atoms with Gasteiger partial charge in [0.05, 0.1) is 17.5 Å². The Bertz CT molecular complexity index is 994. The number of Topliss-reactive ketones (excluding diaryl/α,β-unsaturated/α-hetero) is 1. The molecule has 0 aromatic heterocycles. The van der Waals surface area contributed by atoms with Gasteiger partial charge < -0.3 is 9.84 Å². The highest BCUT2D eigenvalue weighted by Crippen LogP contribution is 2.45. The fraction of sp³-hybridized carbons (Fsp3) is 0.0909. The molecule has 0 spiro atoms. The average Bonchev–Trinajstić information content (AvgIpc) is 2.68. The molecule has 0 amide bonds. The summed E-state index contributed by atoms with van der Waals surface area (Å²) in [4.78, 5) is 24.7. The van der Waals surface area contributed by atoms with Gasteiger partial charge in [-0.2, -0.15) is 0 Å². The second-order valence-electron chi connectivity index (χ2n) is 6.24. The van der Waals surface area contributed by atoms with Crippen LogP contribution in [0.1, 0.15) is 38.3 Å². The molecule has 3 aromatic rings. The third-order valence-corrected chi connectivity index (χ3v) is 4.71. The van der Waals surface area contributed by atoms with Crippen molar-refractivity contribution in [3.05, 3.63) is 101 Å². The Morgan fingerprint density at radius 3 is 2.31 bits per heavy atom. The van der Waals surface area contributed by atoms with Gasteiger partial charge in [-0.3, -0.25) is 4.79 Å². The van der Waals surface area contributed by atoms with Gasteiger partial charge in [0, 0.05) is 11.1 Å². The molecule has 0 bridgehead atoms. The number of carbonyl (C=O) groups excluding carboxylic acids is 1. The number of hydrogen-bond acceptors (Lipinski definition) is 3. The molecule has 1 N–H and O–H groups in total. The molecule has 4 rings (SSSR count). The van der Waals surface area contributed by atoms with E-state index in [4.69, 9.17) is 4.74 Å². The molecule has 128 valence electrons. The summed E-state index contributed by atoms with van der Waals surface area (Å²) in [6.07, 6.45) is 0.0400. The van der Waals surface area contributed by atoms with Crippen LogP contribution in [0.4, 0.5) is 0 Å². The van der Waals surface area contributed by atoms with Gasteiger partial charge in [0.2, 0.25) is 0 Å². The quantitative estimate of drug-likeness (QED) is 0.770. The smallest absolute Gasteiger partial charge is 0.336 e. The molecule has 0 fully saturated rings. The SMILES string of the molecule is O=C1CC(c2ccccc2)(c2ccccc2C(=O)O)Oc2ccccc21. The number of fused-ring (bicyclic) bond motifs is 1. The molecule has 1 heterocycles. The molecule has 26 heavy (non-hydrogen) atoms. The molecule has 1 aliphatic heterocycles. The normalized spacial score (nSPS) is 18.7. The van der Waals surface area contributed by atoms with Crippen LogP contribution in [0.2, 0.25) is 0 Å². The first-order valence-electron chi connectivity index (χ1n) is 8.31. The summed E-state index contributed by atoms with van der Waals surface area (Å²) in [6, 6.07) is 23.1. The summed E-state index contributed by atoms with van der Waals surface area (Å²) in [5.74, 6) is -0.658. The Hall–Kier alpha value is -3.40. The largest absolute Gasteiger partial charge is 0.478 e. The summed E-state index contributed by atoms with van der Waals surface area (Å²) in [5, 5.41) is 9.68. The summed E-state index contributed by atoms with van der Waals surface area (Å²) in [6.45, 7) is 0. The van der Waals surface area contributed by atoms with E-state index < -0.39 is 11.6 Å². The lowest BCUT2D eigenvalue weighted by Gasteiger charge is -2.39. The number of aromatic carboxylic acids is 1. The predicted octanol–water partition coefficient (Wildman–Crippen LogP) is 4.29. The van der Waals surface area contributed by atoms with Crippen molar-refractivity contribution in [2.45, 2.75) is 12.0 Å². The molecule has 3 aromatic carbocycles. The number of rotatable bonds is 3. The first-order valence-corrected chi connectivity index (χ1v) is 8.31. The van der Waals surface area contributed by atoms with E-state index in [0.717, 1.165) is 5.56 Å². The van der Waals surface area contributed by atoms with Crippen molar-refractivity contribution in [1.29, 1.82) is 0 Å². The molecule has 1 aliphatic rings. The molecule has 0 aliphatic carbocycles.